The van der Waals surface area contributed by atoms with Crippen molar-refractivity contribution in [1.82, 2.24) is 4.98 Å². The fourth-order valence-corrected chi connectivity index (χ4v) is 1.56. The van der Waals surface area contributed by atoms with Crippen LogP contribution in [0.15, 0.2) is 42.5 Å². The quantitative estimate of drug-likeness (QED) is 0.884. The summed E-state index contributed by atoms with van der Waals surface area (Å²) in [5.74, 6) is -1.78. The molecule has 2 aromatic rings. The van der Waals surface area contributed by atoms with E-state index in [0.29, 0.717) is 11.3 Å². The van der Waals surface area contributed by atoms with E-state index < -0.39 is 11.9 Å². The number of rotatable bonds is 3. The van der Waals surface area contributed by atoms with E-state index in [1.54, 1.807) is 24.3 Å². The topological polar surface area (TPSA) is 103 Å². The molecule has 0 saturated carbocycles. The molecule has 0 unspecified atom stereocenters. The van der Waals surface area contributed by atoms with Gasteiger partial charge in [0.1, 0.15) is 17.5 Å². The van der Waals surface area contributed by atoms with Gasteiger partial charge in [0, 0.05) is 0 Å². The predicted molar refractivity (Wildman–Crippen MR) is 70.3 cm³/mol. The van der Waals surface area contributed by atoms with Crippen LogP contribution in [0.5, 0.6) is 0 Å². The summed E-state index contributed by atoms with van der Waals surface area (Å²) in [6.07, 6.45) is 0. The highest BCUT2D eigenvalue weighted by Crippen LogP contribution is 2.14. The molecule has 2 rings (SSSR count). The van der Waals surface area contributed by atoms with Crippen LogP contribution in [0.25, 0.3) is 0 Å². The summed E-state index contributed by atoms with van der Waals surface area (Å²) in [6.45, 7) is 0. The molecule has 0 aliphatic carbocycles. The fourth-order valence-electron chi connectivity index (χ4n) is 1.56. The Labute approximate surface area is 114 Å². The highest BCUT2D eigenvalue weighted by molar-refractivity contribution is 6.04. The normalized spacial score (nSPS) is 9.55. The number of para-hydroxylation sites is 1. The molecule has 0 fully saturated rings. The van der Waals surface area contributed by atoms with Crippen LogP contribution in [0.1, 0.15) is 26.5 Å². The number of carbonyl (C=O) groups excluding carboxylic acids is 1. The number of carboxylic acid groups (broad SMARTS) is 1. The highest BCUT2D eigenvalue weighted by atomic mass is 16.4. The number of anilines is 1. The van der Waals surface area contributed by atoms with Crippen LogP contribution in [-0.4, -0.2) is 22.0 Å². The molecule has 0 spiro atoms. The Morgan fingerprint density at radius 2 is 1.80 bits per heavy atom. The molecule has 98 valence electrons. The van der Waals surface area contributed by atoms with E-state index >= 15 is 0 Å². The largest absolute Gasteiger partial charge is 0.477 e. The highest BCUT2D eigenvalue weighted by Gasteiger charge is 2.12. The Hall–Kier alpha value is -3.20. The van der Waals surface area contributed by atoms with E-state index in [2.05, 4.69) is 10.3 Å². The summed E-state index contributed by atoms with van der Waals surface area (Å²) in [5.41, 5.74) is 0.418. The maximum atomic E-state index is 12.0. The Kier molecular flexibility index (Phi) is 3.72. The van der Waals surface area contributed by atoms with E-state index in [9.17, 15) is 9.59 Å². The summed E-state index contributed by atoms with van der Waals surface area (Å²) in [4.78, 5) is 26.5. The van der Waals surface area contributed by atoms with Crippen molar-refractivity contribution in [3.63, 3.8) is 0 Å². The summed E-state index contributed by atoms with van der Waals surface area (Å²) in [5, 5.41) is 20.3. The third-order valence-electron chi connectivity index (χ3n) is 2.50. The molecular formula is C14H9N3O3. The molecule has 1 aromatic heterocycles. The third kappa shape index (κ3) is 2.79. The molecule has 6 heteroatoms. The van der Waals surface area contributed by atoms with Crippen molar-refractivity contribution in [3.8, 4) is 6.07 Å². The number of nitrogens with one attached hydrogen (secondary N) is 1. The van der Waals surface area contributed by atoms with Crippen LogP contribution >= 0.6 is 0 Å². The molecule has 2 N–H and O–H groups in total. The Morgan fingerprint density at radius 3 is 2.50 bits per heavy atom. The number of benzene rings is 1. The van der Waals surface area contributed by atoms with Crippen LogP contribution in [-0.2, 0) is 0 Å². The number of nitrogens with zero attached hydrogens (tertiary/aromatic N) is 2. The number of hydrogen-bond acceptors (Lipinski definition) is 4. The second-order valence-electron chi connectivity index (χ2n) is 3.82. The van der Waals surface area contributed by atoms with Gasteiger partial charge in [-0.3, -0.25) is 4.79 Å². The molecule has 0 radical (unpaired) electrons. The van der Waals surface area contributed by atoms with Crippen LogP contribution in [0.3, 0.4) is 0 Å². The minimum absolute atomic E-state index is 0.0300. The van der Waals surface area contributed by atoms with Crippen LogP contribution in [0.2, 0.25) is 0 Å². The van der Waals surface area contributed by atoms with Crippen molar-refractivity contribution in [3.05, 3.63) is 59.4 Å². The zero-order valence-electron chi connectivity index (χ0n) is 10.2. The van der Waals surface area contributed by atoms with Crippen LogP contribution in [0.4, 0.5) is 5.69 Å². The minimum Gasteiger partial charge on any atom is -0.477 e. The van der Waals surface area contributed by atoms with Gasteiger partial charge >= 0.3 is 5.97 Å². The number of pyridine rings is 1. The molecule has 20 heavy (non-hydrogen) atoms. The molecule has 1 aromatic carbocycles. The number of nitriles is 1. The molecular weight excluding hydrogens is 258 g/mol. The van der Waals surface area contributed by atoms with Crippen LogP contribution < -0.4 is 5.32 Å². The average molecular weight is 267 g/mol. The monoisotopic (exact) mass is 267 g/mol. The van der Waals surface area contributed by atoms with Gasteiger partial charge in [-0.15, -0.1) is 0 Å². The van der Waals surface area contributed by atoms with Crippen molar-refractivity contribution in [2.24, 2.45) is 0 Å². The zero-order chi connectivity index (χ0) is 14.5. The summed E-state index contributed by atoms with van der Waals surface area (Å²) in [6, 6.07) is 12.6. The van der Waals surface area contributed by atoms with Gasteiger partial charge < -0.3 is 10.4 Å². The van der Waals surface area contributed by atoms with Gasteiger partial charge in [-0.25, -0.2) is 9.78 Å². The SMILES string of the molecule is N#Cc1ccccc1NC(=O)c1cccc(C(=O)O)n1. The minimum atomic E-state index is -1.21. The van der Waals surface area contributed by atoms with Gasteiger partial charge in [-0.05, 0) is 24.3 Å². The standard InChI is InChI=1S/C14H9N3O3/c15-8-9-4-1-2-5-10(9)17-13(18)11-6-3-7-12(16-11)14(19)20/h1-7H,(H,17,18)(H,19,20). The lowest BCUT2D eigenvalue weighted by Gasteiger charge is -2.06. The Bertz CT molecular complexity index is 720. The lowest BCUT2D eigenvalue weighted by Crippen LogP contribution is -2.16. The number of amides is 1. The summed E-state index contributed by atoms with van der Waals surface area (Å²) >= 11 is 0. The second kappa shape index (κ2) is 5.63. The molecule has 1 amide bonds. The third-order valence-corrected chi connectivity index (χ3v) is 2.50. The van der Waals surface area contributed by atoms with E-state index in [4.69, 9.17) is 10.4 Å². The van der Waals surface area contributed by atoms with E-state index in [1.165, 1.54) is 18.2 Å². The molecule has 1 heterocycles. The van der Waals surface area contributed by atoms with Crippen molar-refractivity contribution in [1.29, 1.82) is 5.26 Å². The Balaban J connectivity index is 2.27. The number of aromatic nitrogens is 1. The average Bonchev–Trinajstić information content (AvgIpc) is 2.48. The van der Waals surface area contributed by atoms with Crippen molar-refractivity contribution in [2.75, 3.05) is 5.32 Å². The number of hydrogen-bond donors (Lipinski definition) is 2. The molecule has 6 nitrogen and oxygen atoms in total. The molecule has 0 aliphatic heterocycles. The second-order valence-corrected chi connectivity index (χ2v) is 3.82. The smallest absolute Gasteiger partial charge is 0.354 e. The van der Waals surface area contributed by atoms with Gasteiger partial charge in [-0.2, -0.15) is 5.26 Å². The number of carbonyl (C=O) groups is 2. The van der Waals surface area contributed by atoms with E-state index in [-0.39, 0.29) is 11.4 Å². The lowest BCUT2D eigenvalue weighted by atomic mass is 10.2. The first kappa shape index (κ1) is 13.2. The molecule has 0 saturated heterocycles. The molecule has 0 bridgehead atoms. The van der Waals surface area contributed by atoms with Crippen LogP contribution in [0, 0.1) is 11.3 Å². The number of aromatic carboxylic acids is 1. The van der Waals surface area contributed by atoms with Gasteiger partial charge in [0.15, 0.2) is 0 Å². The van der Waals surface area contributed by atoms with E-state index in [1.807, 2.05) is 6.07 Å². The van der Waals surface area contributed by atoms with Gasteiger partial charge in [0.2, 0.25) is 0 Å². The van der Waals surface area contributed by atoms with Crippen molar-refractivity contribution in [2.45, 2.75) is 0 Å². The molecule has 0 aliphatic rings. The first-order chi connectivity index (χ1) is 9.61. The fraction of sp³-hybridized carbons (Fsp3) is 0. The first-order valence-electron chi connectivity index (χ1n) is 5.62. The summed E-state index contributed by atoms with van der Waals surface area (Å²) in [7, 11) is 0. The lowest BCUT2D eigenvalue weighted by molar-refractivity contribution is 0.0690. The van der Waals surface area contributed by atoms with E-state index in [0.717, 1.165) is 0 Å². The maximum Gasteiger partial charge on any atom is 0.354 e. The predicted octanol–water partition coefficient (Wildman–Crippen LogP) is 1.90. The molecule has 0 atom stereocenters. The Morgan fingerprint density at radius 1 is 1.10 bits per heavy atom. The number of carboxylic acids is 1. The zero-order valence-corrected chi connectivity index (χ0v) is 10.2. The van der Waals surface area contributed by atoms with Crippen molar-refractivity contribution >= 4 is 17.6 Å². The maximum absolute atomic E-state index is 12.0. The van der Waals surface area contributed by atoms with Gasteiger partial charge in [0.25, 0.3) is 5.91 Å². The van der Waals surface area contributed by atoms with Crippen molar-refractivity contribution < 1.29 is 14.7 Å². The summed E-state index contributed by atoms with van der Waals surface area (Å²) < 4.78 is 0. The van der Waals surface area contributed by atoms with Gasteiger partial charge in [0.05, 0.1) is 11.3 Å². The van der Waals surface area contributed by atoms with Gasteiger partial charge in [-0.1, -0.05) is 18.2 Å². The first-order valence-corrected chi connectivity index (χ1v) is 5.62.